The summed E-state index contributed by atoms with van der Waals surface area (Å²) < 4.78 is 5.59. The molecule has 1 aliphatic rings. The molecule has 0 bridgehead atoms. The maximum atomic E-state index is 8.89. The normalized spacial score (nSPS) is 31.6. The van der Waals surface area contributed by atoms with Gasteiger partial charge in [-0.3, -0.25) is 0 Å². The molecule has 0 aliphatic heterocycles. The summed E-state index contributed by atoms with van der Waals surface area (Å²) in [4.78, 5) is 0. The Bertz CT molecular complexity index is 140. The topological polar surface area (TPSA) is 29.5 Å². The predicted molar refractivity (Wildman–Crippen MR) is 54.6 cm³/mol. The van der Waals surface area contributed by atoms with Crippen molar-refractivity contribution in [3.05, 3.63) is 0 Å². The molecule has 0 radical (unpaired) electrons. The molecule has 0 spiro atoms. The van der Waals surface area contributed by atoms with Crippen molar-refractivity contribution in [2.75, 3.05) is 12.5 Å². The molecule has 1 saturated carbocycles. The highest BCUT2D eigenvalue weighted by Gasteiger charge is 2.26. The van der Waals surface area contributed by atoms with Crippen LogP contribution < -0.4 is 0 Å². The first kappa shape index (κ1) is 11.6. The zero-order valence-corrected chi connectivity index (χ0v) is 9.10. The lowest BCUT2D eigenvalue weighted by Gasteiger charge is -2.29. The summed E-state index contributed by atoms with van der Waals surface area (Å²) >= 11 is 11.7. The molecular weight excluding hydrogens is 211 g/mol. The van der Waals surface area contributed by atoms with Crippen LogP contribution in [0.3, 0.4) is 0 Å². The van der Waals surface area contributed by atoms with Gasteiger partial charge < -0.3 is 9.84 Å². The average molecular weight is 227 g/mol. The third-order valence-corrected chi connectivity index (χ3v) is 3.21. The third kappa shape index (κ3) is 3.62. The summed E-state index contributed by atoms with van der Waals surface area (Å²) in [5.74, 6) is 0.330. The van der Waals surface area contributed by atoms with Gasteiger partial charge in [-0.15, -0.1) is 23.2 Å². The molecule has 0 aromatic carbocycles. The van der Waals surface area contributed by atoms with Crippen molar-refractivity contribution >= 4 is 23.2 Å². The van der Waals surface area contributed by atoms with E-state index in [0.717, 1.165) is 19.3 Å². The number of hydrogen-bond acceptors (Lipinski definition) is 2. The molecule has 0 saturated heterocycles. The highest BCUT2D eigenvalue weighted by Crippen LogP contribution is 2.26. The van der Waals surface area contributed by atoms with E-state index in [1.54, 1.807) is 0 Å². The predicted octanol–water partition coefficient (Wildman–Crippen LogP) is 2.15. The summed E-state index contributed by atoms with van der Waals surface area (Å²) in [6.07, 6.45) is 4.15. The van der Waals surface area contributed by atoms with Crippen LogP contribution in [-0.2, 0) is 4.74 Å². The van der Waals surface area contributed by atoms with E-state index >= 15 is 0 Å². The first-order valence-corrected chi connectivity index (χ1v) is 5.71. The minimum absolute atomic E-state index is 0.0242. The van der Waals surface area contributed by atoms with Gasteiger partial charge in [-0.2, -0.15) is 0 Å². The van der Waals surface area contributed by atoms with Gasteiger partial charge in [-0.05, 0) is 12.8 Å². The summed E-state index contributed by atoms with van der Waals surface area (Å²) in [5, 5.41) is 8.98. The molecule has 3 atom stereocenters. The lowest BCUT2D eigenvalue weighted by molar-refractivity contribution is -0.0398. The fourth-order valence-corrected chi connectivity index (χ4v) is 2.09. The Morgan fingerprint density at radius 3 is 2.62 bits per heavy atom. The highest BCUT2D eigenvalue weighted by atomic mass is 35.5. The van der Waals surface area contributed by atoms with Crippen LogP contribution in [0.2, 0.25) is 0 Å². The van der Waals surface area contributed by atoms with Crippen LogP contribution in [0.4, 0.5) is 0 Å². The van der Waals surface area contributed by atoms with Crippen LogP contribution in [0.15, 0.2) is 0 Å². The first-order chi connectivity index (χ1) is 6.27. The molecule has 1 rings (SSSR count). The molecule has 13 heavy (non-hydrogen) atoms. The van der Waals surface area contributed by atoms with Gasteiger partial charge in [0.1, 0.15) is 0 Å². The van der Waals surface area contributed by atoms with Gasteiger partial charge in [-0.25, -0.2) is 0 Å². The van der Waals surface area contributed by atoms with E-state index in [2.05, 4.69) is 0 Å². The molecule has 0 heterocycles. The van der Waals surface area contributed by atoms with Crippen LogP contribution in [0.1, 0.15) is 25.7 Å². The zero-order chi connectivity index (χ0) is 9.68. The Kier molecular flexibility index (Phi) is 5.41. The number of rotatable bonds is 4. The van der Waals surface area contributed by atoms with Crippen molar-refractivity contribution in [1.29, 1.82) is 0 Å². The van der Waals surface area contributed by atoms with Crippen LogP contribution in [-0.4, -0.2) is 35.2 Å². The largest absolute Gasteiger partial charge is 0.394 e. The lowest BCUT2D eigenvalue weighted by Crippen LogP contribution is -2.34. The van der Waals surface area contributed by atoms with Crippen molar-refractivity contribution in [3.63, 3.8) is 0 Å². The standard InChI is InChI=1S/C9H16Cl2O2/c10-5-7(6-12)13-9-4-2-1-3-8(9)11/h7-9,12H,1-6H2. The van der Waals surface area contributed by atoms with E-state index in [4.69, 9.17) is 33.0 Å². The molecule has 1 aliphatic carbocycles. The molecule has 0 amide bonds. The van der Waals surface area contributed by atoms with E-state index in [9.17, 15) is 0 Å². The second-order valence-electron chi connectivity index (χ2n) is 3.43. The monoisotopic (exact) mass is 226 g/mol. The van der Waals surface area contributed by atoms with E-state index in [0.29, 0.717) is 5.88 Å². The Labute approximate surface area is 89.2 Å². The minimum atomic E-state index is -0.258. The van der Waals surface area contributed by atoms with Gasteiger partial charge in [-0.1, -0.05) is 12.8 Å². The summed E-state index contributed by atoms with van der Waals surface area (Å²) in [7, 11) is 0. The van der Waals surface area contributed by atoms with Crippen LogP contribution >= 0.6 is 23.2 Å². The van der Waals surface area contributed by atoms with E-state index in [1.807, 2.05) is 0 Å². The summed E-state index contributed by atoms with van der Waals surface area (Å²) in [6, 6.07) is 0. The van der Waals surface area contributed by atoms with Crippen LogP contribution in [0, 0.1) is 0 Å². The molecule has 3 unspecified atom stereocenters. The Balaban J connectivity index is 2.32. The fourth-order valence-electron chi connectivity index (χ4n) is 1.58. The van der Waals surface area contributed by atoms with Gasteiger partial charge in [0, 0.05) is 0 Å². The summed E-state index contributed by atoms with van der Waals surface area (Å²) in [6.45, 7) is -0.0242. The van der Waals surface area contributed by atoms with E-state index in [1.165, 1.54) is 6.42 Å². The highest BCUT2D eigenvalue weighted by molar-refractivity contribution is 6.21. The molecule has 2 nitrogen and oxygen atoms in total. The number of aliphatic hydroxyl groups is 1. The maximum absolute atomic E-state index is 8.89. The number of ether oxygens (including phenoxy) is 1. The molecule has 0 aromatic rings. The Morgan fingerprint density at radius 1 is 1.38 bits per heavy atom. The first-order valence-electron chi connectivity index (χ1n) is 4.74. The van der Waals surface area contributed by atoms with E-state index < -0.39 is 0 Å². The number of aliphatic hydroxyl groups excluding tert-OH is 1. The number of hydrogen-bond donors (Lipinski definition) is 1. The molecule has 1 fully saturated rings. The molecule has 1 N–H and O–H groups in total. The minimum Gasteiger partial charge on any atom is -0.394 e. The SMILES string of the molecule is OCC(CCl)OC1CCCCC1Cl. The van der Waals surface area contributed by atoms with Crippen LogP contribution in [0.5, 0.6) is 0 Å². The lowest BCUT2D eigenvalue weighted by atomic mass is 9.97. The van der Waals surface area contributed by atoms with Gasteiger partial charge in [0.2, 0.25) is 0 Å². The van der Waals surface area contributed by atoms with Gasteiger partial charge >= 0.3 is 0 Å². The second-order valence-corrected chi connectivity index (χ2v) is 4.30. The Hall–Kier alpha value is 0.500. The number of halogens is 2. The van der Waals surface area contributed by atoms with Crippen LogP contribution in [0.25, 0.3) is 0 Å². The smallest absolute Gasteiger partial charge is 0.0945 e. The van der Waals surface area contributed by atoms with Gasteiger partial charge in [0.05, 0.1) is 30.1 Å². The molecular formula is C9H16Cl2O2. The zero-order valence-electron chi connectivity index (χ0n) is 7.59. The Morgan fingerprint density at radius 2 is 2.08 bits per heavy atom. The van der Waals surface area contributed by atoms with Crippen molar-refractivity contribution in [2.24, 2.45) is 0 Å². The average Bonchev–Trinajstić information content (AvgIpc) is 2.17. The maximum Gasteiger partial charge on any atom is 0.0945 e. The number of alkyl halides is 2. The van der Waals surface area contributed by atoms with Crippen molar-refractivity contribution in [2.45, 2.75) is 43.3 Å². The molecule has 0 aromatic heterocycles. The molecule has 4 heteroatoms. The summed E-state index contributed by atoms with van der Waals surface area (Å²) in [5.41, 5.74) is 0. The second kappa shape index (κ2) is 6.07. The van der Waals surface area contributed by atoms with Crippen molar-refractivity contribution in [1.82, 2.24) is 0 Å². The van der Waals surface area contributed by atoms with Gasteiger partial charge in [0.25, 0.3) is 0 Å². The van der Waals surface area contributed by atoms with Crippen molar-refractivity contribution in [3.8, 4) is 0 Å². The van der Waals surface area contributed by atoms with Gasteiger partial charge in [0.15, 0.2) is 0 Å². The quantitative estimate of drug-likeness (QED) is 0.745. The van der Waals surface area contributed by atoms with E-state index in [-0.39, 0.29) is 24.2 Å². The fraction of sp³-hybridized carbons (Fsp3) is 1.00. The van der Waals surface area contributed by atoms with Crippen molar-refractivity contribution < 1.29 is 9.84 Å². The third-order valence-electron chi connectivity index (χ3n) is 2.36. The molecule has 78 valence electrons.